The first-order valence-electron chi connectivity index (χ1n) is 9.49. The number of nitrogens with zero attached hydrogens (tertiary/aromatic N) is 6. The van der Waals surface area contributed by atoms with Crippen LogP contribution in [0.4, 0.5) is 5.69 Å². The van der Waals surface area contributed by atoms with Crippen LogP contribution < -0.4 is 5.32 Å². The zero-order valence-corrected chi connectivity index (χ0v) is 17.0. The van der Waals surface area contributed by atoms with Crippen LogP contribution in [0, 0.1) is 10.1 Å². The molecule has 2 aliphatic rings. The predicted molar refractivity (Wildman–Crippen MR) is 109 cm³/mol. The second-order valence-corrected chi connectivity index (χ2v) is 7.14. The van der Waals surface area contributed by atoms with Crippen LogP contribution in [-0.4, -0.2) is 80.3 Å². The third kappa shape index (κ3) is 4.41. The third-order valence-corrected chi connectivity index (χ3v) is 5.27. The second-order valence-electron chi connectivity index (χ2n) is 7.14. The molecule has 2 aliphatic heterocycles. The van der Waals surface area contributed by atoms with Crippen molar-refractivity contribution >= 4 is 29.9 Å². The average molecular weight is 436 g/mol. The molecule has 2 aromatic rings. The van der Waals surface area contributed by atoms with Crippen molar-refractivity contribution < 1.29 is 14.5 Å². The highest BCUT2D eigenvalue weighted by Gasteiger charge is 2.32. The maximum absolute atomic E-state index is 12.9. The van der Waals surface area contributed by atoms with E-state index in [2.05, 4.69) is 15.6 Å². The van der Waals surface area contributed by atoms with E-state index in [1.54, 1.807) is 17.0 Å². The van der Waals surface area contributed by atoms with Crippen molar-refractivity contribution in [3.05, 3.63) is 46.3 Å². The molecule has 30 heavy (non-hydrogen) atoms. The van der Waals surface area contributed by atoms with E-state index in [4.69, 9.17) is 0 Å². The summed E-state index contributed by atoms with van der Waals surface area (Å²) >= 11 is 0. The number of nitro benzene ring substituents is 1. The number of amides is 2. The molecule has 0 aliphatic carbocycles. The Hall–Kier alpha value is -3.05. The van der Waals surface area contributed by atoms with E-state index in [0.717, 1.165) is 19.4 Å². The number of aromatic nitrogens is 3. The number of benzene rings is 1. The van der Waals surface area contributed by atoms with Gasteiger partial charge < -0.3 is 15.1 Å². The molecule has 12 heteroatoms. The lowest BCUT2D eigenvalue weighted by atomic mass is 10.0. The van der Waals surface area contributed by atoms with E-state index in [1.165, 1.54) is 23.0 Å². The van der Waals surface area contributed by atoms with Crippen LogP contribution in [0.2, 0.25) is 0 Å². The van der Waals surface area contributed by atoms with Gasteiger partial charge in [0.1, 0.15) is 0 Å². The van der Waals surface area contributed by atoms with Crippen LogP contribution in [0.5, 0.6) is 0 Å². The molecule has 1 aromatic heterocycles. The van der Waals surface area contributed by atoms with Crippen LogP contribution in [0.15, 0.2) is 30.5 Å². The summed E-state index contributed by atoms with van der Waals surface area (Å²) in [6.45, 7) is 2.80. The van der Waals surface area contributed by atoms with Crippen LogP contribution in [-0.2, 0) is 4.79 Å². The molecule has 1 N–H and O–H groups in total. The van der Waals surface area contributed by atoms with Crippen LogP contribution in [0.3, 0.4) is 0 Å². The predicted octanol–water partition coefficient (Wildman–Crippen LogP) is 0.634. The van der Waals surface area contributed by atoms with E-state index in [0.29, 0.717) is 31.9 Å². The lowest BCUT2D eigenvalue weighted by Gasteiger charge is -2.40. The Kier molecular flexibility index (Phi) is 6.63. The van der Waals surface area contributed by atoms with E-state index in [1.807, 2.05) is 4.90 Å². The van der Waals surface area contributed by atoms with Gasteiger partial charge in [-0.1, -0.05) is 11.3 Å². The summed E-state index contributed by atoms with van der Waals surface area (Å²) in [5.74, 6) is -0.193. The highest BCUT2D eigenvalue weighted by molar-refractivity contribution is 5.92. The van der Waals surface area contributed by atoms with Gasteiger partial charge in [-0.2, -0.15) is 0 Å². The number of likely N-dealkylation sites (tertiary alicyclic amines) is 1. The topological polar surface area (TPSA) is 126 Å². The van der Waals surface area contributed by atoms with Gasteiger partial charge in [-0.15, -0.1) is 17.5 Å². The fourth-order valence-corrected chi connectivity index (χ4v) is 3.80. The van der Waals surface area contributed by atoms with Gasteiger partial charge in [-0.25, -0.2) is 4.68 Å². The van der Waals surface area contributed by atoms with Crippen molar-refractivity contribution in [3.63, 3.8) is 0 Å². The minimum absolute atomic E-state index is 0. The Morgan fingerprint density at radius 2 is 2.13 bits per heavy atom. The molecule has 1 aromatic carbocycles. The zero-order valence-electron chi connectivity index (χ0n) is 16.1. The number of carbonyl (C=O) groups is 2. The number of non-ortho nitro benzene ring substituents is 1. The summed E-state index contributed by atoms with van der Waals surface area (Å²) < 4.78 is 1.35. The van der Waals surface area contributed by atoms with Crippen LogP contribution >= 0.6 is 12.4 Å². The number of piperazine rings is 1. The van der Waals surface area contributed by atoms with Crippen LogP contribution in [0.1, 0.15) is 23.3 Å². The van der Waals surface area contributed by atoms with Crippen molar-refractivity contribution in [2.75, 3.05) is 32.7 Å². The molecule has 0 bridgehead atoms. The second kappa shape index (κ2) is 9.18. The molecule has 2 amide bonds. The fraction of sp³-hybridized carbons (Fsp3) is 0.444. The van der Waals surface area contributed by atoms with E-state index in [9.17, 15) is 19.7 Å². The number of nitrogens with one attached hydrogen (secondary N) is 1. The Labute approximate surface area is 178 Å². The highest BCUT2D eigenvalue weighted by Crippen LogP contribution is 2.20. The molecule has 2 saturated heterocycles. The zero-order chi connectivity index (χ0) is 20.4. The summed E-state index contributed by atoms with van der Waals surface area (Å²) in [5.41, 5.74) is 0.558. The van der Waals surface area contributed by atoms with Gasteiger partial charge in [0.05, 0.1) is 23.4 Å². The number of nitro groups is 1. The van der Waals surface area contributed by atoms with Crippen molar-refractivity contribution in [1.29, 1.82) is 0 Å². The van der Waals surface area contributed by atoms with Gasteiger partial charge in [-0.05, 0) is 18.9 Å². The first-order chi connectivity index (χ1) is 14.0. The molecular weight excluding hydrogens is 414 g/mol. The largest absolute Gasteiger partial charge is 0.336 e. The monoisotopic (exact) mass is 435 g/mol. The summed E-state index contributed by atoms with van der Waals surface area (Å²) in [5, 5.41) is 21.9. The summed E-state index contributed by atoms with van der Waals surface area (Å²) in [7, 11) is 0. The molecule has 0 saturated carbocycles. The van der Waals surface area contributed by atoms with E-state index < -0.39 is 4.92 Å². The number of rotatable bonds is 4. The minimum Gasteiger partial charge on any atom is -0.336 e. The fourth-order valence-electron chi connectivity index (χ4n) is 3.80. The summed E-state index contributed by atoms with van der Waals surface area (Å²) in [6, 6.07) is 5.97. The SMILES string of the molecule is Cl.O=C(c1cn(-c2cccc([N+](=O)[O-])c2)nn1)N1CCCC(N2CCNCC2=O)C1. The molecule has 1 unspecified atom stereocenters. The number of hydrogen-bond acceptors (Lipinski definition) is 7. The van der Waals surface area contributed by atoms with Crippen molar-refractivity contribution in [1.82, 2.24) is 30.1 Å². The van der Waals surface area contributed by atoms with Crippen LogP contribution in [0.25, 0.3) is 5.69 Å². The van der Waals surface area contributed by atoms with Gasteiger partial charge >= 0.3 is 0 Å². The number of halogens is 1. The summed E-state index contributed by atoms with van der Waals surface area (Å²) in [6.07, 6.45) is 3.16. The average Bonchev–Trinajstić information content (AvgIpc) is 3.24. The molecule has 11 nitrogen and oxygen atoms in total. The molecule has 3 heterocycles. The number of piperidine rings is 1. The Bertz CT molecular complexity index is 950. The first-order valence-corrected chi connectivity index (χ1v) is 9.49. The molecule has 160 valence electrons. The van der Waals surface area contributed by atoms with Gasteiger partial charge in [0.15, 0.2) is 5.69 Å². The molecule has 2 fully saturated rings. The standard InChI is InChI=1S/C18H21N7O4.ClH/c26-17-10-19-6-8-23(17)15-5-2-7-22(11-15)18(27)16-12-24(21-20-16)13-3-1-4-14(9-13)25(28)29;/h1,3-4,9,12,15,19H,2,5-8,10-11H2;1H. The Morgan fingerprint density at radius 1 is 1.30 bits per heavy atom. The Balaban J connectivity index is 0.00000256. The van der Waals surface area contributed by atoms with Gasteiger partial charge in [0.2, 0.25) is 5.91 Å². The molecule has 0 spiro atoms. The smallest absolute Gasteiger partial charge is 0.276 e. The first kappa shape index (κ1) is 21.7. The molecule has 1 atom stereocenters. The number of carbonyl (C=O) groups excluding carboxylic acids is 2. The maximum Gasteiger partial charge on any atom is 0.276 e. The molecule has 0 radical (unpaired) electrons. The summed E-state index contributed by atoms with van der Waals surface area (Å²) in [4.78, 5) is 39.1. The minimum atomic E-state index is -0.488. The van der Waals surface area contributed by atoms with E-state index in [-0.39, 0.29) is 41.6 Å². The quantitative estimate of drug-likeness (QED) is 0.551. The van der Waals surface area contributed by atoms with Gasteiger partial charge in [0.25, 0.3) is 11.6 Å². The van der Waals surface area contributed by atoms with Crippen molar-refractivity contribution in [3.8, 4) is 5.69 Å². The maximum atomic E-state index is 12.9. The lowest BCUT2D eigenvalue weighted by molar-refractivity contribution is -0.384. The Morgan fingerprint density at radius 3 is 2.90 bits per heavy atom. The third-order valence-electron chi connectivity index (χ3n) is 5.27. The van der Waals surface area contributed by atoms with Crippen molar-refractivity contribution in [2.24, 2.45) is 0 Å². The van der Waals surface area contributed by atoms with E-state index >= 15 is 0 Å². The number of hydrogen-bond donors (Lipinski definition) is 1. The van der Waals surface area contributed by atoms with Gasteiger partial charge in [0, 0.05) is 44.4 Å². The van der Waals surface area contributed by atoms with Crippen molar-refractivity contribution in [2.45, 2.75) is 18.9 Å². The normalized spacial score (nSPS) is 19.3. The highest BCUT2D eigenvalue weighted by atomic mass is 35.5. The van der Waals surface area contributed by atoms with Gasteiger partial charge in [-0.3, -0.25) is 19.7 Å². The molecule has 4 rings (SSSR count). The lowest BCUT2D eigenvalue weighted by Crippen LogP contribution is -2.57. The molecular formula is C18H22ClN7O4.